The van der Waals surface area contributed by atoms with E-state index in [0.29, 0.717) is 17.6 Å². The van der Waals surface area contributed by atoms with E-state index in [4.69, 9.17) is 0 Å². The molecular weight excluding hydrogens is 360 g/mol. The number of aliphatic hydroxyl groups excluding tert-OH is 1. The number of nitrogens with one attached hydrogen (secondary N) is 2. The number of rotatable bonds is 5. The topological polar surface area (TPSA) is 86.6 Å². The number of benzene rings is 1. The number of amides is 1. The molecule has 7 heteroatoms. The molecule has 1 aromatic heterocycles. The van der Waals surface area contributed by atoms with Gasteiger partial charge in [-0.05, 0) is 36.1 Å². The third-order valence-electron chi connectivity index (χ3n) is 5.25. The minimum atomic E-state index is -0.201. The number of carbonyl (C=O) groups excluding carboxylic acids is 1. The van der Waals surface area contributed by atoms with Crippen molar-refractivity contribution < 1.29 is 9.90 Å². The quantitative estimate of drug-likeness (QED) is 0.692. The molecule has 2 heterocycles. The highest BCUT2D eigenvalue weighted by Gasteiger charge is 2.24. The summed E-state index contributed by atoms with van der Waals surface area (Å²) in [7, 11) is 0. The van der Waals surface area contributed by atoms with Crippen LogP contribution in [0.5, 0.6) is 0 Å². The van der Waals surface area contributed by atoms with Crippen molar-refractivity contribution in [2.45, 2.75) is 44.6 Å². The van der Waals surface area contributed by atoms with E-state index in [1.807, 2.05) is 29.8 Å². The van der Waals surface area contributed by atoms with E-state index in [2.05, 4.69) is 20.6 Å². The Morgan fingerprint density at radius 2 is 2.15 bits per heavy atom. The van der Waals surface area contributed by atoms with Gasteiger partial charge in [-0.3, -0.25) is 10.1 Å². The molecule has 1 aliphatic heterocycles. The van der Waals surface area contributed by atoms with Crippen LogP contribution in [0.3, 0.4) is 0 Å². The van der Waals surface area contributed by atoms with Crippen LogP contribution in [0, 0.1) is 5.92 Å². The Balaban J connectivity index is 1.45. The molecule has 1 aliphatic carbocycles. The molecule has 27 heavy (non-hydrogen) atoms. The van der Waals surface area contributed by atoms with Gasteiger partial charge in [-0.1, -0.05) is 38.2 Å². The summed E-state index contributed by atoms with van der Waals surface area (Å²) in [6, 6.07) is 5.73. The maximum absolute atomic E-state index is 12.3. The van der Waals surface area contributed by atoms with Gasteiger partial charge in [-0.25, -0.2) is 9.98 Å². The largest absolute Gasteiger partial charge is 0.394 e. The molecule has 1 atom stereocenters. The highest BCUT2D eigenvalue weighted by Crippen LogP contribution is 2.28. The van der Waals surface area contributed by atoms with Crippen LogP contribution in [0.2, 0.25) is 0 Å². The average Bonchev–Trinajstić information content (AvgIpc) is 3.28. The Kier molecular flexibility index (Phi) is 5.50. The molecule has 1 saturated carbocycles. The predicted molar refractivity (Wildman–Crippen MR) is 108 cm³/mol. The van der Waals surface area contributed by atoms with E-state index < -0.39 is 0 Å². The van der Waals surface area contributed by atoms with Crippen molar-refractivity contribution in [1.29, 1.82) is 0 Å². The minimum Gasteiger partial charge on any atom is -0.394 e. The number of thiazole rings is 1. The maximum atomic E-state index is 12.3. The van der Waals surface area contributed by atoms with Crippen LogP contribution in [0.4, 0.5) is 0 Å². The number of nitrogens with zero attached hydrogens (tertiary/aromatic N) is 2. The van der Waals surface area contributed by atoms with E-state index >= 15 is 0 Å². The second kappa shape index (κ2) is 8.19. The molecule has 2 aromatic rings. The summed E-state index contributed by atoms with van der Waals surface area (Å²) < 4.78 is 1.09. The number of guanidine groups is 1. The SMILES string of the molecule is O=C1NC(=NC(CO)CC2CCCCC2)N/C1=C\c1ccc2ncsc2c1. The molecule has 0 spiro atoms. The van der Waals surface area contributed by atoms with Crippen LogP contribution in [-0.4, -0.2) is 34.6 Å². The van der Waals surface area contributed by atoms with Crippen LogP contribution in [0.25, 0.3) is 16.3 Å². The number of hydrogen-bond acceptors (Lipinski definition) is 5. The Morgan fingerprint density at radius 1 is 1.30 bits per heavy atom. The number of carbonyl (C=O) groups is 1. The van der Waals surface area contributed by atoms with Crippen molar-refractivity contribution in [3.8, 4) is 0 Å². The highest BCUT2D eigenvalue weighted by atomic mass is 32.1. The molecule has 1 saturated heterocycles. The van der Waals surface area contributed by atoms with Crippen molar-refractivity contribution in [1.82, 2.24) is 15.6 Å². The zero-order chi connectivity index (χ0) is 18.6. The van der Waals surface area contributed by atoms with E-state index in [-0.39, 0.29) is 18.6 Å². The van der Waals surface area contributed by atoms with E-state index in [1.54, 1.807) is 11.3 Å². The molecule has 1 amide bonds. The first-order valence-corrected chi connectivity index (χ1v) is 10.4. The summed E-state index contributed by atoms with van der Waals surface area (Å²) in [5, 5.41) is 15.5. The number of aromatic nitrogens is 1. The number of fused-ring (bicyclic) bond motifs is 1. The Morgan fingerprint density at radius 3 is 2.96 bits per heavy atom. The molecule has 142 valence electrons. The van der Waals surface area contributed by atoms with Crippen molar-refractivity contribution in [2.75, 3.05) is 6.61 Å². The van der Waals surface area contributed by atoms with Crippen molar-refractivity contribution in [3.63, 3.8) is 0 Å². The first-order valence-electron chi connectivity index (χ1n) is 9.53. The summed E-state index contributed by atoms with van der Waals surface area (Å²) in [5.41, 5.74) is 4.18. The fraction of sp³-hybridized carbons (Fsp3) is 0.450. The summed E-state index contributed by atoms with van der Waals surface area (Å²) in [6.45, 7) is -0.00135. The van der Waals surface area contributed by atoms with Gasteiger partial charge in [0.25, 0.3) is 5.91 Å². The van der Waals surface area contributed by atoms with Gasteiger partial charge in [0.2, 0.25) is 5.96 Å². The zero-order valence-corrected chi connectivity index (χ0v) is 16.0. The van der Waals surface area contributed by atoms with Gasteiger partial charge in [0, 0.05) is 0 Å². The Bertz CT molecular complexity index is 883. The lowest BCUT2D eigenvalue weighted by Crippen LogP contribution is -2.29. The lowest BCUT2D eigenvalue weighted by Gasteiger charge is -2.23. The second-order valence-corrected chi connectivity index (χ2v) is 8.16. The summed E-state index contributed by atoms with van der Waals surface area (Å²) in [5.74, 6) is 0.853. The van der Waals surface area contributed by atoms with Gasteiger partial charge in [0.05, 0.1) is 28.4 Å². The molecule has 0 bridgehead atoms. The summed E-state index contributed by atoms with van der Waals surface area (Å²) in [4.78, 5) is 21.1. The first-order chi connectivity index (χ1) is 13.2. The molecule has 1 unspecified atom stereocenters. The fourth-order valence-corrected chi connectivity index (χ4v) is 4.57. The molecular formula is C20H24N4O2S. The van der Waals surface area contributed by atoms with Gasteiger partial charge in [-0.2, -0.15) is 0 Å². The van der Waals surface area contributed by atoms with Crippen LogP contribution < -0.4 is 10.6 Å². The zero-order valence-electron chi connectivity index (χ0n) is 15.1. The van der Waals surface area contributed by atoms with Gasteiger partial charge >= 0.3 is 0 Å². The molecule has 0 radical (unpaired) electrons. The lowest BCUT2D eigenvalue weighted by molar-refractivity contribution is -0.115. The normalized spacial score (nSPS) is 22.3. The summed E-state index contributed by atoms with van der Waals surface area (Å²) >= 11 is 1.58. The van der Waals surface area contributed by atoms with Crippen LogP contribution in [-0.2, 0) is 4.79 Å². The summed E-state index contributed by atoms with van der Waals surface area (Å²) in [6.07, 6.45) is 8.97. The van der Waals surface area contributed by atoms with E-state index in [0.717, 1.165) is 22.2 Å². The smallest absolute Gasteiger partial charge is 0.274 e. The number of aliphatic hydroxyl groups is 1. The third-order valence-corrected chi connectivity index (χ3v) is 6.04. The van der Waals surface area contributed by atoms with Gasteiger partial charge in [0.15, 0.2) is 0 Å². The first kappa shape index (κ1) is 18.1. The lowest BCUT2D eigenvalue weighted by atomic mass is 9.85. The van der Waals surface area contributed by atoms with Crippen molar-refractivity contribution >= 4 is 39.5 Å². The minimum absolute atomic E-state index is 0.00135. The van der Waals surface area contributed by atoms with Crippen LogP contribution in [0.15, 0.2) is 34.4 Å². The van der Waals surface area contributed by atoms with Crippen LogP contribution in [0.1, 0.15) is 44.1 Å². The predicted octanol–water partition coefficient (Wildman–Crippen LogP) is 3.04. The Labute approximate surface area is 162 Å². The molecule has 4 rings (SSSR count). The van der Waals surface area contributed by atoms with E-state index in [1.165, 1.54) is 32.1 Å². The van der Waals surface area contributed by atoms with E-state index in [9.17, 15) is 9.90 Å². The number of hydrogen-bond donors (Lipinski definition) is 3. The fourth-order valence-electron chi connectivity index (χ4n) is 3.84. The molecule has 6 nitrogen and oxygen atoms in total. The van der Waals surface area contributed by atoms with Gasteiger partial charge in [0.1, 0.15) is 5.70 Å². The monoisotopic (exact) mass is 384 g/mol. The Hall–Kier alpha value is -2.25. The molecule has 3 N–H and O–H groups in total. The molecule has 2 aliphatic rings. The van der Waals surface area contributed by atoms with Gasteiger partial charge < -0.3 is 10.4 Å². The van der Waals surface area contributed by atoms with Gasteiger partial charge in [-0.15, -0.1) is 11.3 Å². The third kappa shape index (κ3) is 4.36. The van der Waals surface area contributed by atoms with Crippen molar-refractivity contribution in [2.24, 2.45) is 10.9 Å². The maximum Gasteiger partial charge on any atom is 0.274 e. The van der Waals surface area contributed by atoms with Crippen LogP contribution >= 0.6 is 11.3 Å². The standard InChI is InChI=1S/C20H24N4O2S/c25-11-15(8-13-4-2-1-3-5-13)22-20-23-17(19(26)24-20)9-14-6-7-16-18(10-14)27-12-21-16/h6-7,9-10,12-13,15,25H,1-5,8,11H2,(H2,22,23,24,26)/b17-9-. The molecule has 1 aromatic carbocycles. The molecule has 2 fully saturated rings. The second-order valence-electron chi connectivity index (χ2n) is 7.27. The van der Waals surface area contributed by atoms with Crippen molar-refractivity contribution in [3.05, 3.63) is 35.0 Å². The number of aliphatic imine (C=N–C) groups is 1. The highest BCUT2D eigenvalue weighted by molar-refractivity contribution is 7.16. The average molecular weight is 385 g/mol.